The summed E-state index contributed by atoms with van der Waals surface area (Å²) in [5.41, 5.74) is -1.05. The fourth-order valence-corrected chi connectivity index (χ4v) is 5.52. The third-order valence-corrected chi connectivity index (χ3v) is 8.10. The maximum absolute atomic E-state index is 12.4. The van der Waals surface area contributed by atoms with Crippen LogP contribution in [0.1, 0.15) is 30.2 Å². The maximum atomic E-state index is 12.4. The number of aryl methyl sites for hydroxylation is 1. The number of nitrogens with zero attached hydrogens (tertiary/aromatic N) is 2. The van der Waals surface area contributed by atoms with Crippen LogP contribution in [0, 0.1) is 12.8 Å². The zero-order valence-corrected chi connectivity index (χ0v) is 24.5. The Labute approximate surface area is 247 Å². The molecule has 2 aromatic rings. The van der Waals surface area contributed by atoms with E-state index in [-0.39, 0.29) is 45.5 Å². The fraction of sp³-hybridized carbons (Fsp3) is 0.522. The standard InChI is InChI=1S/C23H28Cl2N3O13P/c1-10-7-28(23(33)27-21(10)31)17-5-14(41-26-6-12-13(24)4-15(36-2)20(30)19(12)25)16(39-17)9-38-42(34,35)37-8-11-3-18(29)40-22(11)32/h4,6-7,11,14,16-18,22,29-30,32H,3,5,8-9H2,1-2H3,(H,34,35)(H,27,31,33)/p-1/b26-6+/t11-,14+,16+,17+,18?,22?/m0/s1. The summed E-state index contributed by atoms with van der Waals surface area (Å²) in [5.74, 6) is -1.16. The summed E-state index contributed by atoms with van der Waals surface area (Å²) in [5, 5.41) is 33.0. The highest BCUT2D eigenvalue weighted by atomic mass is 35.5. The molecule has 4 N–H and O–H groups in total. The molecule has 0 saturated carbocycles. The molecule has 2 aliphatic heterocycles. The Bertz CT molecular complexity index is 1480. The van der Waals surface area contributed by atoms with Crippen molar-refractivity contribution in [1.29, 1.82) is 0 Å². The van der Waals surface area contributed by atoms with Crippen LogP contribution in [0.3, 0.4) is 0 Å². The van der Waals surface area contributed by atoms with Crippen LogP contribution < -0.4 is 20.9 Å². The normalized spacial score (nSPS) is 27.4. The van der Waals surface area contributed by atoms with Gasteiger partial charge in [0.15, 0.2) is 30.2 Å². The van der Waals surface area contributed by atoms with Crippen LogP contribution in [0.4, 0.5) is 0 Å². The van der Waals surface area contributed by atoms with Gasteiger partial charge in [-0.3, -0.25) is 18.9 Å². The molecule has 1 aromatic carbocycles. The number of benzene rings is 1. The number of hydrogen-bond donors (Lipinski definition) is 4. The summed E-state index contributed by atoms with van der Waals surface area (Å²) in [7, 11) is -3.63. The van der Waals surface area contributed by atoms with E-state index in [2.05, 4.69) is 10.1 Å². The van der Waals surface area contributed by atoms with Crippen LogP contribution in [0.25, 0.3) is 0 Å². The van der Waals surface area contributed by atoms with E-state index in [0.717, 1.165) is 10.8 Å². The van der Waals surface area contributed by atoms with E-state index in [9.17, 15) is 34.4 Å². The minimum Gasteiger partial charge on any atom is -0.756 e. The SMILES string of the molecule is COc1cc(Cl)c(/C=N/O[C@@H]2C[C@H](n3cc(C)c(=O)[nH]c3=O)O[C@@H]2COP(=O)([O-])OC[C@@H]2CC(O)OC2O)c(Cl)c1O. The van der Waals surface area contributed by atoms with Crippen molar-refractivity contribution in [1.82, 2.24) is 9.55 Å². The highest BCUT2D eigenvalue weighted by Crippen LogP contribution is 2.42. The fourth-order valence-electron chi connectivity index (χ4n) is 4.21. The number of phosphoric ester groups is 1. The largest absolute Gasteiger partial charge is 0.756 e. The molecule has 19 heteroatoms. The minimum atomic E-state index is -4.95. The average Bonchev–Trinajstić information content (AvgIpc) is 3.49. The van der Waals surface area contributed by atoms with E-state index >= 15 is 0 Å². The van der Waals surface area contributed by atoms with Crippen molar-refractivity contribution in [2.75, 3.05) is 20.3 Å². The van der Waals surface area contributed by atoms with E-state index < -0.39 is 69.2 Å². The second kappa shape index (κ2) is 13.4. The summed E-state index contributed by atoms with van der Waals surface area (Å²) in [6, 6.07) is 1.31. The summed E-state index contributed by atoms with van der Waals surface area (Å²) in [6.45, 7) is 0.335. The lowest BCUT2D eigenvalue weighted by Crippen LogP contribution is -2.33. The Balaban J connectivity index is 1.49. The van der Waals surface area contributed by atoms with Gasteiger partial charge in [-0.25, -0.2) is 4.79 Å². The highest BCUT2D eigenvalue weighted by Gasteiger charge is 2.40. The highest BCUT2D eigenvalue weighted by molar-refractivity contribution is 7.45. The Morgan fingerprint density at radius 1 is 1.24 bits per heavy atom. The molecular formula is C23H27Cl2N3O13P-. The molecule has 0 amide bonds. The van der Waals surface area contributed by atoms with Gasteiger partial charge in [-0.1, -0.05) is 28.4 Å². The van der Waals surface area contributed by atoms with Gasteiger partial charge < -0.3 is 48.3 Å². The Kier molecular flexibility index (Phi) is 10.4. The van der Waals surface area contributed by atoms with Gasteiger partial charge >= 0.3 is 5.69 Å². The van der Waals surface area contributed by atoms with Crippen LogP contribution in [0.2, 0.25) is 10.0 Å². The van der Waals surface area contributed by atoms with E-state index in [1.54, 1.807) is 0 Å². The number of aliphatic hydroxyl groups excluding tert-OH is 2. The van der Waals surface area contributed by atoms with Gasteiger partial charge in [0, 0.05) is 42.1 Å². The molecule has 0 spiro atoms. The van der Waals surface area contributed by atoms with Gasteiger partial charge in [0.25, 0.3) is 13.4 Å². The Morgan fingerprint density at radius 2 is 1.95 bits per heavy atom. The number of phosphoric acid groups is 1. The molecule has 2 aliphatic rings. The number of oxime groups is 1. The molecule has 2 fully saturated rings. The monoisotopic (exact) mass is 654 g/mol. The van der Waals surface area contributed by atoms with Crippen molar-refractivity contribution in [3.05, 3.63) is 54.3 Å². The van der Waals surface area contributed by atoms with E-state index in [4.69, 9.17) is 51.3 Å². The summed E-state index contributed by atoms with van der Waals surface area (Å²) in [4.78, 5) is 44.3. The molecule has 4 rings (SSSR count). The van der Waals surface area contributed by atoms with Crippen LogP contribution in [-0.2, 0) is 27.9 Å². The number of aromatic nitrogens is 2. The second-order valence-corrected chi connectivity index (χ2v) is 11.6. The molecule has 3 unspecified atom stereocenters. The molecule has 16 nitrogen and oxygen atoms in total. The van der Waals surface area contributed by atoms with Gasteiger partial charge in [0.05, 0.1) is 36.6 Å². The predicted molar refractivity (Wildman–Crippen MR) is 142 cm³/mol. The van der Waals surface area contributed by atoms with Crippen LogP contribution in [0.15, 0.2) is 27.0 Å². The second-order valence-electron chi connectivity index (χ2n) is 9.37. The third-order valence-electron chi connectivity index (χ3n) is 6.48. The molecule has 232 valence electrons. The van der Waals surface area contributed by atoms with Crippen molar-refractivity contribution in [2.45, 2.75) is 50.8 Å². The molecule has 0 radical (unpaired) electrons. The van der Waals surface area contributed by atoms with E-state index in [0.29, 0.717) is 0 Å². The summed E-state index contributed by atoms with van der Waals surface area (Å²) >= 11 is 12.4. The Morgan fingerprint density at radius 3 is 2.62 bits per heavy atom. The Hall–Kier alpha value is -2.50. The number of phenols is 1. The summed E-state index contributed by atoms with van der Waals surface area (Å²) < 4.78 is 38.9. The molecular weight excluding hydrogens is 628 g/mol. The lowest BCUT2D eigenvalue weighted by atomic mass is 10.1. The number of nitrogens with one attached hydrogen (secondary N) is 1. The van der Waals surface area contributed by atoms with Crippen molar-refractivity contribution in [2.24, 2.45) is 11.1 Å². The van der Waals surface area contributed by atoms with Gasteiger partial charge in [-0.05, 0) is 6.92 Å². The lowest BCUT2D eigenvalue weighted by Gasteiger charge is -2.26. The zero-order chi connectivity index (χ0) is 30.8. The van der Waals surface area contributed by atoms with Gasteiger partial charge in [-0.15, -0.1) is 0 Å². The third kappa shape index (κ3) is 7.52. The van der Waals surface area contributed by atoms with Crippen molar-refractivity contribution < 1.29 is 52.9 Å². The quantitative estimate of drug-likeness (QED) is 0.149. The smallest absolute Gasteiger partial charge is 0.330 e. The number of aromatic amines is 1. The molecule has 0 bridgehead atoms. The number of hydrogen-bond acceptors (Lipinski definition) is 14. The van der Waals surface area contributed by atoms with Crippen LogP contribution >= 0.6 is 31.0 Å². The topological polar surface area (TPSA) is 223 Å². The van der Waals surface area contributed by atoms with Crippen molar-refractivity contribution in [3.63, 3.8) is 0 Å². The van der Waals surface area contributed by atoms with Crippen molar-refractivity contribution >= 4 is 37.2 Å². The molecule has 1 aromatic heterocycles. The van der Waals surface area contributed by atoms with E-state index in [1.165, 1.54) is 26.3 Å². The first-order valence-electron chi connectivity index (χ1n) is 12.3. The number of halogens is 2. The number of aliphatic hydroxyl groups is 2. The first kappa shape index (κ1) is 32.4. The average molecular weight is 655 g/mol. The van der Waals surface area contributed by atoms with Gasteiger partial charge in [0.2, 0.25) is 0 Å². The maximum Gasteiger partial charge on any atom is 0.330 e. The molecule has 3 heterocycles. The van der Waals surface area contributed by atoms with Crippen molar-refractivity contribution in [3.8, 4) is 11.5 Å². The lowest BCUT2D eigenvalue weighted by molar-refractivity contribution is -0.231. The predicted octanol–water partition coefficient (Wildman–Crippen LogP) is 0.748. The molecule has 2 saturated heterocycles. The van der Waals surface area contributed by atoms with E-state index in [1.807, 2.05) is 0 Å². The molecule has 0 aliphatic carbocycles. The minimum absolute atomic E-state index is 0.0318. The molecule has 42 heavy (non-hydrogen) atoms. The van der Waals surface area contributed by atoms with Crippen LogP contribution in [0.5, 0.6) is 11.5 Å². The number of phenolic OH excluding ortho intramolecular Hbond substituents is 1. The first-order valence-corrected chi connectivity index (χ1v) is 14.5. The number of ether oxygens (including phenoxy) is 3. The number of rotatable bonds is 11. The van der Waals surface area contributed by atoms with Crippen LogP contribution in [-0.4, -0.2) is 76.2 Å². The zero-order valence-electron chi connectivity index (χ0n) is 22.0. The number of aromatic hydroxyl groups is 1. The number of H-pyrrole nitrogens is 1. The first-order chi connectivity index (χ1) is 19.8. The summed E-state index contributed by atoms with van der Waals surface area (Å²) in [6.07, 6.45) is -3.52. The van der Waals surface area contributed by atoms with Gasteiger partial charge in [-0.2, -0.15) is 0 Å². The number of methoxy groups -OCH3 is 1. The molecule has 7 atom stereocenters. The van der Waals surface area contributed by atoms with Gasteiger partial charge in [0.1, 0.15) is 12.3 Å².